The molecule has 1 aliphatic heterocycles. The molecular weight excluding hydrogens is 330 g/mol. The fourth-order valence-electron chi connectivity index (χ4n) is 4.75. The molecule has 2 fully saturated rings. The fraction of sp³-hybridized carbons (Fsp3) is 0.381. The van der Waals surface area contributed by atoms with Crippen molar-refractivity contribution in [3.8, 4) is 5.75 Å². The number of ketones is 1. The second-order valence-corrected chi connectivity index (χ2v) is 7.40. The summed E-state index contributed by atoms with van der Waals surface area (Å²) in [6.45, 7) is 5.53. The van der Waals surface area contributed by atoms with Crippen LogP contribution in [0.3, 0.4) is 0 Å². The number of ether oxygens (including phenoxy) is 1. The smallest absolute Gasteiger partial charge is 0.238 e. The van der Waals surface area contributed by atoms with Gasteiger partial charge in [-0.3, -0.25) is 14.4 Å². The van der Waals surface area contributed by atoms with E-state index in [0.717, 1.165) is 0 Å². The summed E-state index contributed by atoms with van der Waals surface area (Å²) in [4.78, 5) is 39.4. The number of fused-ring (bicyclic) bond motifs is 5. The van der Waals surface area contributed by atoms with Gasteiger partial charge in [0.25, 0.3) is 0 Å². The average Bonchev–Trinajstić information content (AvgIpc) is 3.24. The van der Waals surface area contributed by atoms with Crippen molar-refractivity contribution in [1.29, 1.82) is 0 Å². The van der Waals surface area contributed by atoms with E-state index in [1.807, 2.05) is 13.8 Å². The molecule has 0 radical (unpaired) electrons. The van der Waals surface area contributed by atoms with Crippen molar-refractivity contribution in [3.05, 3.63) is 47.1 Å². The van der Waals surface area contributed by atoms with Crippen LogP contribution in [-0.4, -0.2) is 24.7 Å². The third-order valence-corrected chi connectivity index (χ3v) is 5.82. The van der Waals surface area contributed by atoms with Gasteiger partial charge < -0.3 is 4.74 Å². The number of hydrogen-bond acceptors (Lipinski definition) is 4. The normalized spacial score (nSPS) is 28.8. The number of carbonyl (C=O) groups excluding carboxylic acids is 3. The van der Waals surface area contributed by atoms with Crippen LogP contribution in [0.25, 0.3) is 0 Å². The van der Waals surface area contributed by atoms with Crippen molar-refractivity contribution >= 4 is 23.3 Å². The van der Waals surface area contributed by atoms with Crippen LogP contribution < -0.4 is 9.64 Å². The molecule has 0 spiro atoms. The highest BCUT2D eigenvalue weighted by atomic mass is 16.5. The second kappa shape index (κ2) is 5.66. The molecule has 1 aromatic carbocycles. The van der Waals surface area contributed by atoms with Gasteiger partial charge in [0.05, 0.1) is 24.6 Å². The van der Waals surface area contributed by atoms with Crippen LogP contribution in [0, 0.1) is 23.7 Å². The Morgan fingerprint density at radius 1 is 1.00 bits per heavy atom. The van der Waals surface area contributed by atoms with E-state index >= 15 is 0 Å². The van der Waals surface area contributed by atoms with Gasteiger partial charge in [-0.1, -0.05) is 23.3 Å². The highest BCUT2D eigenvalue weighted by Crippen LogP contribution is 2.57. The summed E-state index contributed by atoms with van der Waals surface area (Å²) in [5.74, 6) is -0.816. The van der Waals surface area contributed by atoms with Crippen molar-refractivity contribution in [1.82, 2.24) is 0 Å². The molecule has 3 aliphatic rings. The molecule has 4 atom stereocenters. The Morgan fingerprint density at radius 3 is 2.04 bits per heavy atom. The molecule has 5 nitrogen and oxygen atoms in total. The monoisotopic (exact) mass is 351 g/mol. The lowest BCUT2D eigenvalue weighted by molar-refractivity contribution is -0.123. The van der Waals surface area contributed by atoms with Crippen molar-refractivity contribution in [2.45, 2.75) is 20.8 Å². The maximum absolute atomic E-state index is 13.2. The molecule has 134 valence electrons. The van der Waals surface area contributed by atoms with Crippen LogP contribution in [-0.2, 0) is 9.59 Å². The van der Waals surface area contributed by atoms with Crippen LogP contribution in [0.15, 0.2) is 41.5 Å². The van der Waals surface area contributed by atoms with E-state index in [1.165, 1.54) is 30.1 Å². The molecule has 0 N–H and O–H groups in total. The van der Waals surface area contributed by atoms with Crippen LogP contribution in [0.1, 0.15) is 31.1 Å². The summed E-state index contributed by atoms with van der Waals surface area (Å²) in [7, 11) is 1.49. The molecule has 2 bridgehead atoms. The zero-order chi connectivity index (χ0) is 18.7. The molecule has 4 rings (SSSR count). The van der Waals surface area contributed by atoms with Crippen LogP contribution in [0.5, 0.6) is 5.75 Å². The Bertz CT molecular complexity index is 873. The quantitative estimate of drug-likeness (QED) is 0.477. The van der Waals surface area contributed by atoms with E-state index in [0.29, 0.717) is 17.0 Å². The van der Waals surface area contributed by atoms with Crippen molar-refractivity contribution in [2.24, 2.45) is 23.7 Å². The lowest BCUT2D eigenvalue weighted by Crippen LogP contribution is -2.33. The van der Waals surface area contributed by atoms with Crippen LogP contribution >= 0.6 is 0 Å². The first-order chi connectivity index (χ1) is 12.4. The predicted molar refractivity (Wildman–Crippen MR) is 97.0 cm³/mol. The number of amides is 2. The molecule has 0 aromatic heterocycles. The van der Waals surface area contributed by atoms with Gasteiger partial charge in [-0.05, 0) is 39.0 Å². The maximum atomic E-state index is 13.2. The summed E-state index contributed by atoms with van der Waals surface area (Å²) in [6.07, 6.45) is 4.12. The number of benzene rings is 1. The first-order valence-corrected chi connectivity index (χ1v) is 8.79. The van der Waals surface area contributed by atoms with Gasteiger partial charge in [-0.2, -0.15) is 0 Å². The molecule has 2 amide bonds. The van der Waals surface area contributed by atoms with Gasteiger partial charge in [0.2, 0.25) is 11.8 Å². The third kappa shape index (κ3) is 2.06. The van der Waals surface area contributed by atoms with Gasteiger partial charge in [0, 0.05) is 17.4 Å². The Hall–Kier alpha value is -2.69. The Labute approximate surface area is 152 Å². The van der Waals surface area contributed by atoms with E-state index in [9.17, 15) is 14.4 Å². The number of imide groups is 1. The Morgan fingerprint density at radius 2 is 1.58 bits per heavy atom. The number of methoxy groups -OCH3 is 1. The maximum Gasteiger partial charge on any atom is 0.238 e. The summed E-state index contributed by atoms with van der Waals surface area (Å²) >= 11 is 0. The van der Waals surface area contributed by atoms with E-state index in [-0.39, 0.29) is 41.3 Å². The van der Waals surface area contributed by atoms with Crippen molar-refractivity contribution < 1.29 is 19.1 Å². The number of anilines is 1. The van der Waals surface area contributed by atoms with Crippen LogP contribution in [0.4, 0.5) is 5.69 Å². The summed E-state index contributed by atoms with van der Waals surface area (Å²) in [6, 6.07) is 4.85. The molecule has 5 heteroatoms. The number of Topliss-reactive ketones (excluding diaryl/α,β-unsaturated/α-hetero) is 1. The summed E-state index contributed by atoms with van der Waals surface area (Å²) < 4.78 is 5.36. The van der Waals surface area contributed by atoms with Gasteiger partial charge in [0.1, 0.15) is 5.75 Å². The number of hydrogen-bond donors (Lipinski definition) is 0. The first kappa shape index (κ1) is 16.8. The van der Waals surface area contributed by atoms with Crippen LogP contribution in [0.2, 0.25) is 0 Å². The van der Waals surface area contributed by atoms with Gasteiger partial charge >= 0.3 is 0 Å². The fourth-order valence-corrected chi connectivity index (χ4v) is 4.75. The topological polar surface area (TPSA) is 63.7 Å². The largest absolute Gasteiger partial charge is 0.495 e. The SMILES string of the molecule is COc1ccc(C(C)=O)cc1N1C(=O)[C@H]2[C@H](C1=O)[C@@H]1C=C[C@@H]2C1=C(C)C. The Balaban J connectivity index is 1.80. The van der Waals surface area contributed by atoms with E-state index < -0.39 is 0 Å². The van der Waals surface area contributed by atoms with E-state index in [4.69, 9.17) is 4.74 Å². The minimum absolute atomic E-state index is 0.00145. The van der Waals surface area contributed by atoms with Gasteiger partial charge in [-0.15, -0.1) is 0 Å². The number of carbonyl (C=O) groups is 3. The molecule has 1 heterocycles. The Kier molecular flexibility index (Phi) is 3.65. The van der Waals surface area contributed by atoms with Crippen molar-refractivity contribution in [3.63, 3.8) is 0 Å². The lowest BCUT2D eigenvalue weighted by atomic mass is 9.85. The standard InChI is InChI=1S/C21H21NO4/c1-10(2)17-13-6-7-14(17)19-18(13)20(24)22(21(19)25)15-9-12(11(3)23)5-8-16(15)26-4/h5-9,13-14,18-19H,1-4H3/t13-,14-,18-,19-/m1/s1. The van der Waals surface area contributed by atoms with E-state index in [2.05, 4.69) is 12.2 Å². The molecular formula is C21H21NO4. The average molecular weight is 351 g/mol. The van der Waals surface area contributed by atoms with Gasteiger partial charge in [-0.25, -0.2) is 4.90 Å². The summed E-state index contributed by atoms with van der Waals surface area (Å²) in [5.41, 5.74) is 3.21. The summed E-state index contributed by atoms with van der Waals surface area (Å²) in [5, 5.41) is 0. The molecule has 1 saturated heterocycles. The highest BCUT2D eigenvalue weighted by molar-refractivity contribution is 6.24. The van der Waals surface area contributed by atoms with Crippen molar-refractivity contribution in [2.75, 3.05) is 12.0 Å². The minimum atomic E-state index is -0.354. The lowest BCUT2D eigenvalue weighted by Gasteiger charge is -2.21. The van der Waals surface area contributed by atoms with Gasteiger partial charge in [0.15, 0.2) is 5.78 Å². The molecule has 1 saturated carbocycles. The first-order valence-electron chi connectivity index (χ1n) is 8.79. The second-order valence-electron chi connectivity index (χ2n) is 7.40. The molecule has 26 heavy (non-hydrogen) atoms. The third-order valence-electron chi connectivity index (χ3n) is 5.82. The van der Waals surface area contributed by atoms with E-state index in [1.54, 1.807) is 18.2 Å². The zero-order valence-electron chi connectivity index (χ0n) is 15.3. The minimum Gasteiger partial charge on any atom is -0.495 e. The molecule has 0 unspecified atom stereocenters. The number of nitrogens with zero attached hydrogens (tertiary/aromatic N) is 1. The highest BCUT2D eigenvalue weighted by Gasteiger charge is 2.62. The molecule has 2 aliphatic carbocycles. The number of rotatable bonds is 3. The number of allylic oxidation sites excluding steroid dienone is 4. The molecule has 1 aromatic rings. The predicted octanol–water partition coefficient (Wildman–Crippen LogP) is 3.16. The zero-order valence-corrected chi connectivity index (χ0v) is 15.3.